The van der Waals surface area contributed by atoms with Gasteiger partial charge in [-0.25, -0.2) is 0 Å². The summed E-state index contributed by atoms with van der Waals surface area (Å²) in [5.74, 6) is 0. The second-order valence-corrected chi connectivity index (χ2v) is 8.14. The molecule has 0 unspecified atom stereocenters. The minimum atomic E-state index is 0.906. The average Bonchev–Trinajstić information content (AvgIpc) is 3.30. The molecular weight excluding hydrogens is 340 g/mol. The number of hydrogen-bond donors (Lipinski definition) is 3. The van der Waals surface area contributed by atoms with Gasteiger partial charge in [-0.3, -0.25) is 5.01 Å². The average molecular weight is 369 g/mol. The quantitative estimate of drug-likeness (QED) is 0.515. The molecule has 4 nitrogen and oxygen atoms in total. The maximum absolute atomic E-state index is 3.38. The summed E-state index contributed by atoms with van der Waals surface area (Å²) in [7, 11) is 4.11. The van der Waals surface area contributed by atoms with E-state index in [1.165, 1.54) is 54.7 Å². The highest BCUT2D eigenvalue weighted by atomic mass is 32.2. The van der Waals surface area contributed by atoms with E-state index in [4.69, 9.17) is 0 Å². The zero-order chi connectivity index (χ0) is 17.9. The van der Waals surface area contributed by atoms with Gasteiger partial charge in [-0.1, -0.05) is 18.2 Å². The van der Waals surface area contributed by atoms with Crippen molar-refractivity contribution in [1.29, 1.82) is 0 Å². The molecule has 0 spiro atoms. The molecular formula is C21H28N4S. The Hall–Kier alpha value is -1.53. The molecule has 0 radical (unpaired) electrons. The summed E-state index contributed by atoms with van der Waals surface area (Å²) < 4.78 is 0. The first kappa shape index (κ1) is 17.9. The highest BCUT2D eigenvalue weighted by Crippen LogP contribution is 2.39. The molecule has 0 fully saturated rings. The number of rotatable bonds is 7. The monoisotopic (exact) mass is 368 g/mol. The van der Waals surface area contributed by atoms with Crippen molar-refractivity contribution in [2.75, 3.05) is 19.1 Å². The Bertz CT molecular complexity index is 740. The molecule has 2 aromatic rings. The van der Waals surface area contributed by atoms with E-state index < -0.39 is 0 Å². The van der Waals surface area contributed by atoms with E-state index in [2.05, 4.69) is 58.1 Å². The molecule has 0 aromatic heterocycles. The number of benzene rings is 2. The first-order valence-electron chi connectivity index (χ1n) is 9.57. The van der Waals surface area contributed by atoms with Crippen LogP contribution in [-0.4, -0.2) is 14.1 Å². The summed E-state index contributed by atoms with van der Waals surface area (Å²) in [5.41, 5.74) is 12.4. The van der Waals surface area contributed by atoms with E-state index >= 15 is 0 Å². The Kier molecular flexibility index (Phi) is 5.50. The fourth-order valence-corrected chi connectivity index (χ4v) is 4.85. The maximum atomic E-state index is 3.38. The predicted molar refractivity (Wildman–Crippen MR) is 110 cm³/mol. The number of nitrogens with one attached hydrogen (secondary N) is 3. The SMILES string of the molecule is CNCc1ccc(SNNN(C)c2c3c(cc4c2CCC4)CCC3)cc1. The van der Waals surface area contributed by atoms with Gasteiger partial charge >= 0.3 is 0 Å². The van der Waals surface area contributed by atoms with Gasteiger partial charge in [0.15, 0.2) is 0 Å². The van der Waals surface area contributed by atoms with Crippen LogP contribution in [0, 0.1) is 0 Å². The largest absolute Gasteiger partial charge is 0.316 e. The van der Waals surface area contributed by atoms with Gasteiger partial charge in [0.2, 0.25) is 0 Å². The Morgan fingerprint density at radius 1 is 0.962 bits per heavy atom. The molecule has 4 rings (SSSR count). The molecule has 2 aliphatic rings. The minimum absolute atomic E-state index is 0.906. The second-order valence-electron chi connectivity index (χ2n) is 7.26. The third kappa shape index (κ3) is 3.62. The van der Waals surface area contributed by atoms with E-state index in [1.807, 2.05) is 7.05 Å². The second kappa shape index (κ2) is 8.01. The van der Waals surface area contributed by atoms with Crippen LogP contribution < -0.4 is 20.7 Å². The topological polar surface area (TPSA) is 39.3 Å². The van der Waals surface area contributed by atoms with Gasteiger partial charge in [-0.2, -0.15) is 10.4 Å². The number of fused-ring (bicyclic) bond motifs is 2. The van der Waals surface area contributed by atoms with Crippen LogP contribution in [0.3, 0.4) is 0 Å². The minimum Gasteiger partial charge on any atom is -0.316 e. The molecule has 0 heterocycles. The molecule has 0 amide bonds. The van der Waals surface area contributed by atoms with Crippen LogP contribution in [0.5, 0.6) is 0 Å². The van der Waals surface area contributed by atoms with Crippen molar-refractivity contribution in [3.8, 4) is 0 Å². The molecule has 0 saturated carbocycles. The fraction of sp³-hybridized carbons (Fsp3) is 0.429. The summed E-state index contributed by atoms with van der Waals surface area (Å²) in [4.78, 5) is 4.51. The van der Waals surface area contributed by atoms with Crippen LogP contribution >= 0.6 is 11.9 Å². The van der Waals surface area contributed by atoms with E-state index in [-0.39, 0.29) is 0 Å². The molecule has 2 aliphatic carbocycles. The first-order valence-corrected chi connectivity index (χ1v) is 10.4. The Morgan fingerprint density at radius 3 is 2.23 bits per heavy atom. The van der Waals surface area contributed by atoms with Crippen molar-refractivity contribution < 1.29 is 0 Å². The smallest absolute Gasteiger partial charge is 0.0599 e. The zero-order valence-corrected chi connectivity index (χ0v) is 16.5. The first-order chi connectivity index (χ1) is 12.8. The Morgan fingerprint density at radius 2 is 1.62 bits per heavy atom. The molecule has 5 heteroatoms. The van der Waals surface area contributed by atoms with E-state index in [0.717, 1.165) is 6.54 Å². The number of aryl methyl sites for hydroxylation is 2. The molecule has 0 saturated heterocycles. The van der Waals surface area contributed by atoms with Crippen molar-refractivity contribution in [2.24, 2.45) is 0 Å². The molecule has 0 atom stereocenters. The van der Waals surface area contributed by atoms with Crippen molar-refractivity contribution in [1.82, 2.24) is 15.7 Å². The van der Waals surface area contributed by atoms with Crippen LogP contribution in [0.1, 0.15) is 40.7 Å². The van der Waals surface area contributed by atoms with Gasteiger partial charge in [0.1, 0.15) is 0 Å². The third-order valence-corrected chi connectivity index (χ3v) is 6.16. The summed E-state index contributed by atoms with van der Waals surface area (Å²) >= 11 is 1.61. The standard InChI is InChI=1S/C21H28N4S/c1-22-14-15-9-11-18(12-10-15)26-24-23-25(2)21-19-7-3-5-16(19)13-17-6-4-8-20(17)21/h9-13,22-24H,3-8,14H2,1-2H3. The van der Waals surface area contributed by atoms with Crippen LogP contribution in [0.4, 0.5) is 5.69 Å². The molecule has 26 heavy (non-hydrogen) atoms. The predicted octanol–water partition coefficient (Wildman–Crippen LogP) is 3.54. The molecule has 3 N–H and O–H groups in total. The van der Waals surface area contributed by atoms with Gasteiger partial charge in [-0.05, 0) is 97.5 Å². The van der Waals surface area contributed by atoms with E-state index in [9.17, 15) is 0 Å². The lowest BCUT2D eigenvalue weighted by atomic mass is 9.98. The molecule has 0 bridgehead atoms. The number of hydrazine groups is 2. The lowest BCUT2D eigenvalue weighted by Gasteiger charge is -2.26. The third-order valence-electron chi connectivity index (χ3n) is 5.46. The number of anilines is 1. The summed E-state index contributed by atoms with van der Waals surface area (Å²) in [6, 6.07) is 11.1. The van der Waals surface area contributed by atoms with Gasteiger partial charge in [-0.15, -0.1) is 0 Å². The van der Waals surface area contributed by atoms with Crippen LogP contribution in [-0.2, 0) is 32.2 Å². The van der Waals surface area contributed by atoms with Gasteiger partial charge in [0.25, 0.3) is 0 Å². The highest BCUT2D eigenvalue weighted by Gasteiger charge is 2.25. The van der Waals surface area contributed by atoms with Crippen molar-refractivity contribution in [3.05, 3.63) is 58.1 Å². The Balaban J connectivity index is 1.42. The lowest BCUT2D eigenvalue weighted by Crippen LogP contribution is -2.42. The van der Waals surface area contributed by atoms with Crippen molar-refractivity contribution in [2.45, 2.75) is 50.0 Å². The zero-order valence-electron chi connectivity index (χ0n) is 15.7. The van der Waals surface area contributed by atoms with Crippen LogP contribution in [0.2, 0.25) is 0 Å². The summed E-state index contributed by atoms with van der Waals surface area (Å²) in [6.07, 6.45) is 7.49. The Labute approximate surface area is 160 Å². The molecule has 2 aromatic carbocycles. The summed E-state index contributed by atoms with van der Waals surface area (Å²) in [6.45, 7) is 0.906. The molecule has 0 aliphatic heterocycles. The van der Waals surface area contributed by atoms with Gasteiger partial charge < -0.3 is 5.32 Å². The summed E-state index contributed by atoms with van der Waals surface area (Å²) in [5, 5.41) is 5.37. The van der Waals surface area contributed by atoms with Gasteiger partial charge in [0, 0.05) is 18.5 Å². The van der Waals surface area contributed by atoms with Gasteiger partial charge in [0.05, 0.1) is 5.69 Å². The van der Waals surface area contributed by atoms with Crippen molar-refractivity contribution >= 4 is 17.6 Å². The van der Waals surface area contributed by atoms with Crippen LogP contribution in [0.25, 0.3) is 0 Å². The maximum Gasteiger partial charge on any atom is 0.0599 e. The van der Waals surface area contributed by atoms with Crippen molar-refractivity contribution in [3.63, 3.8) is 0 Å². The number of nitrogens with zero attached hydrogens (tertiary/aromatic N) is 1. The fourth-order valence-electron chi connectivity index (χ4n) is 4.28. The van der Waals surface area contributed by atoms with E-state index in [0.29, 0.717) is 0 Å². The number of hydrogen-bond acceptors (Lipinski definition) is 5. The molecule has 138 valence electrons. The van der Waals surface area contributed by atoms with Crippen LogP contribution in [0.15, 0.2) is 35.2 Å². The normalized spacial score (nSPS) is 15.2. The lowest BCUT2D eigenvalue weighted by molar-refractivity contribution is 0.664. The highest BCUT2D eigenvalue weighted by molar-refractivity contribution is 7.97. The van der Waals surface area contributed by atoms with E-state index in [1.54, 1.807) is 34.2 Å².